The third kappa shape index (κ3) is 6.05. The van der Waals surface area contributed by atoms with Crippen molar-refractivity contribution in [2.75, 3.05) is 75.9 Å². The van der Waals surface area contributed by atoms with E-state index in [1.165, 1.54) is 26.9 Å². The van der Waals surface area contributed by atoms with Gasteiger partial charge in [-0.2, -0.15) is 9.97 Å². The number of hydrogen-bond acceptors (Lipinski definition) is 8. The second-order valence-electron chi connectivity index (χ2n) is 11.8. The second-order valence-corrected chi connectivity index (χ2v) is 11.8. The number of hydrogen-bond donors (Lipinski definition) is 0. The van der Waals surface area contributed by atoms with E-state index >= 15 is 0 Å². The predicted molar refractivity (Wildman–Crippen MR) is 168 cm³/mol. The number of piperazine rings is 1. The number of amides is 1. The normalized spacial score (nSPS) is 20.7. The zero-order valence-corrected chi connectivity index (χ0v) is 25.3. The lowest BCUT2D eigenvalue weighted by molar-refractivity contribution is -0.131. The molecule has 0 N–H and O–H groups in total. The fourth-order valence-electron chi connectivity index (χ4n) is 6.56. The molecular formula is C33H38FN7O3. The molecule has 1 aromatic heterocycles. The van der Waals surface area contributed by atoms with Gasteiger partial charge in [0.2, 0.25) is 6.54 Å². The van der Waals surface area contributed by atoms with Crippen molar-refractivity contribution in [3.05, 3.63) is 77.0 Å². The van der Waals surface area contributed by atoms with Gasteiger partial charge in [0.05, 0.1) is 18.8 Å². The average molecular weight is 600 g/mol. The van der Waals surface area contributed by atoms with Crippen LogP contribution in [0.1, 0.15) is 16.8 Å². The van der Waals surface area contributed by atoms with E-state index in [9.17, 15) is 9.18 Å². The molecule has 10 nitrogen and oxygen atoms in total. The third-order valence-corrected chi connectivity index (χ3v) is 8.77. The van der Waals surface area contributed by atoms with Crippen LogP contribution in [-0.2, 0) is 22.5 Å². The second kappa shape index (κ2) is 12.8. The minimum absolute atomic E-state index is 0.0624. The van der Waals surface area contributed by atoms with Crippen molar-refractivity contribution in [3.8, 4) is 6.01 Å². The predicted octanol–water partition coefficient (Wildman–Crippen LogP) is 3.63. The maximum Gasteiger partial charge on any atom is 0.318 e. The van der Waals surface area contributed by atoms with E-state index in [2.05, 4.69) is 76.5 Å². The van der Waals surface area contributed by atoms with Crippen LogP contribution in [0.15, 0.2) is 48.8 Å². The first kappa shape index (κ1) is 29.8. The van der Waals surface area contributed by atoms with Gasteiger partial charge in [-0.05, 0) is 37.4 Å². The number of likely N-dealkylation sites (N-methyl/N-ethyl adjacent to an activating group) is 1. The van der Waals surface area contributed by atoms with E-state index in [1.54, 1.807) is 0 Å². The van der Waals surface area contributed by atoms with Crippen LogP contribution in [0.4, 0.5) is 15.9 Å². The highest BCUT2D eigenvalue weighted by Gasteiger charge is 2.36. The van der Waals surface area contributed by atoms with E-state index in [4.69, 9.17) is 26.0 Å². The first-order valence-electron chi connectivity index (χ1n) is 15.1. The number of carbonyl (C=O) groups excluding carboxylic acids is 1. The lowest BCUT2D eigenvalue weighted by Crippen LogP contribution is -2.57. The maximum atomic E-state index is 13.8. The first-order chi connectivity index (χ1) is 21.3. The van der Waals surface area contributed by atoms with Gasteiger partial charge in [0.15, 0.2) is 5.83 Å². The van der Waals surface area contributed by atoms with Crippen LogP contribution in [0, 0.1) is 13.5 Å². The van der Waals surface area contributed by atoms with Gasteiger partial charge in [0, 0.05) is 55.9 Å². The smallest absolute Gasteiger partial charge is 0.318 e. The van der Waals surface area contributed by atoms with Crippen molar-refractivity contribution in [2.45, 2.75) is 32.0 Å². The molecule has 3 aliphatic heterocycles. The van der Waals surface area contributed by atoms with Gasteiger partial charge in [-0.3, -0.25) is 4.79 Å². The maximum absolute atomic E-state index is 13.8. The molecule has 2 fully saturated rings. The highest BCUT2D eigenvalue weighted by molar-refractivity contribution is 5.97. The van der Waals surface area contributed by atoms with Crippen LogP contribution in [-0.4, -0.2) is 104 Å². The topological polar surface area (TPSA) is 78.6 Å². The highest BCUT2D eigenvalue weighted by Crippen LogP contribution is 2.36. The van der Waals surface area contributed by atoms with E-state index in [0.29, 0.717) is 32.8 Å². The summed E-state index contributed by atoms with van der Waals surface area (Å²) in [4.78, 5) is 34.0. The molecule has 0 spiro atoms. The monoisotopic (exact) mass is 599 g/mol. The van der Waals surface area contributed by atoms with Gasteiger partial charge in [0.1, 0.15) is 24.6 Å². The fraction of sp³-hybridized carbons (Fsp3) is 0.455. The van der Waals surface area contributed by atoms with E-state index in [0.717, 1.165) is 43.1 Å². The van der Waals surface area contributed by atoms with Crippen LogP contribution in [0.25, 0.3) is 15.6 Å². The largest absolute Gasteiger partial charge is 0.461 e. The van der Waals surface area contributed by atoms with Crippen LogP contribution in [0.3, 0.4) is 0 Å². The molecule has 1 amide bonds. The molecule has 0 saturated carbocycles. The van der Waals surface area contributed by atoms with Crippen LogP contribution >= 0.6 is 0 Å². The molecule has 0 bridgehead atoms. The zero-order valence-electron chi connectivity index (χ0n) is 25.3. The van der Waals surface area contributed by atoms with Crippen LogP contribution in [0.5, 0.6) is 6.01 Å². The number of halogens is 1. The molecule has 0 radical (unpaired) electrons. The number of aryl methyl sites for hydroxylation is 1. The summed E-state index contributed by atoms with van der Waals surface area (Å²) >= 11 is 0. The number of rotatable bonds is 7. The molecule has 6 rings (SSSR count). The molecule has 4 heterocycles. The number of fused-ring (bicyclic) bond motifs is 2. The summed E-state index contributed by atoms with van der Waals surface area (Å²) in [5, 5.41) is 2.44. The molecule has 2 atom stereocenters. The Hall–Kier alpha value is -4.27. The average Bonchev–Trinajstić information content (AvgIpc) is 3.03. The first-order valence-corrected chi connectivity index (χ1v) is 15.1. The summed E-state index contributed by atoms with van der Waals surface area (Å²) in [5.41, 5.74) is 4.32. The SMILES string of the molecule is [C-]#[N+]C[C@H]1CN(c2nc(OCC3CN(C)CCO3)nc3c2CCN(c2cccc4cccc(C)c24)C3)CCN1C(=O)C(=C)F. The lowest BCUT2D eigenvalue weighted by Gasteiger charge is -2.41. The molecule has 3 aromatic rings. The summed E-state index contributed by atoms with van der Waals surface area (Å²) < 4.78 is 25.9. The van der Waals surface area contributed by atoms with Gasteiger partial charge in [0.25, 0.3) is 5.91 Å². The molecule has 0 aliphatic carbocycles. The van der Waals surface area contributed by atoms with Crippen molar-refractivity contribution in [1.82, 2.24) is 19.8 Å². The Morgan fingerprint density at radius 3 is 2.73 bits per heavy atom. The van der Waals surface area contributed by atoms with E-state index in [-0.39, 0.29) is 25.2 Å². The number of benzene rings is 2. The summed E-state index contributed by atoms with van der Waals surface area (Å²) in [6.45, 7) is 17.9. The fourth-order valence-corrected chi connectivity index (χ4v) is 6.56. The molecule has 3 aliphatic rings. The lowest BCUT2D eigenvalue weighted by atomic mass is 9.99. The Labute approximate surface area is 257 Å². The van der Waals surface area contributed by atoms with Gasteiger partial charge >= 0.3 is 6.01 Å². The van der Waals surface area contributed by atoms with Gasteiger partial charge in [-0.1, -0.05) is 36.9 Å². The Morgan fingerprint density at radius 1 is 1.14 bits per heavy atom. The summed E-state index contributed by atoms with van der Waals surface area (Å²) in [7, 11) is 2.06. The number of aromatic nitrogens is 2. The molecule has 230 valence electrons. The molecule has 1 unspecified atom stereocenters. The van der Waals surface area contributed by atoms with E-state index < -0.39 is 17.8 Å². The quantitative estimate of drug-likeness (QED) is 0.301. The Kier molecular flexibility index (Phi) is 8.64. The Bertz CT molecular complexity index is 1600. The van der Waals surface area contributed by atoms with Gasteiger partial charge in [-0.15, -0.1) is 0 Å². The van der Waals surface area contributed by atoms with Gasteiger partial charge in [-0.25, -0.2) is 11.0 Å². The standard InChI is InChI=1S/C33H38FN7O3/c1-22-7-5-8-24-9-6-10-29(30(22)24)39-12-11-27-28(20-39)36-33(44-21-26-19-38(4)15-16-43-26)37-31(27)40-13-14-41(32(42)23(2)34)25(18-40)17-35-3/h5-10,25-26H,2,11-21H2,1,4H3/t25-,26?/m0/s1. The Morgan fingerprint density at radius 2 is 1.95 bits per heavy atom. The van der Waals surface area contributed by atoms with Crippen molar-refractivity contribution >= 4 is 28.2 Å². The molecule has 2 saturated heterocycles. The number of morpholine rings is 1. The Balaban J connectivity index is 1.33. The minimum Gasteiger partial charge on any atom is -0.461 e. The van der Waals surface area contributed by atoms with E-state index in [1.807, 2.05) is 0 Å². The third-order valence-electron chi connectivity index (χ3n) is 8.77. The van der Waals surface area contributed by atoms with Crippen molar-refractivity contribution < 1.29 is 18.7 Å². The molecular weight excluding hydrogens is 561 g/mol. The molecule has 2 aromatic carbocycles. The summed E-state index contributed by atoms with van der Waals surface area (Å²) in [6, 6.07) is 12.6. The molecule has 44 heavy (non-hydrogen) atoms. The van der Waals surface area contributed by atoms with Crippen molar-refractivity contribution in [3.63, 3.8) is 0 Å². The summed E-state index contributed by atoms with van der Waals surface area (Å²) in [6.07, 6.45) is 0.635. The van der Waals surface area contributed by atoms with Crippen molar-refractivity contribution in [1.29, 1.82) is 0 Å². The van der Waals surface area contributed by atoms with Crippen LogP contribution < -0.4 is 14.5 Å². The highest BCUT2D eigenvalue weighted by atomic mass is 19.1. The number of ether oxygens (including phenoxy) is 2. The van der Waals surface area contributed by atoms with Crippen LogP contribution in [0.2, 0.25) is 0 Å². The molecule has 11 heteroatoms. The number of nitrogens with zero attached hydrogens (tertiary/aromatic N) is 7. The zero-order chi connectivity index (χ0) is 30.8. The summed E-state index contributed by atoms with van der Waals surface area (Å²) in [5.74, 6) is -1.02. The number of anilines is 2. The van der Waals surface area contributed by atoms with Gasteiger partial charge < -0.3 is 33.9 Å². The number of carbonyl (C=O) groups is 1. The minimum atomic E-state index is -1.01. The van der Waals surface area contributed by atoms with Crippen molar-refractivity contribution in [2.24, 2.45) is 0 Å².